The van der Waals surface area contributed by atoms with E-state index in [1.54, 1.807) is 12.1 Å². The molecule has 6 nitrogen and oxygen atoms in total. The van der Waals surface area contributed by atoms with Crippen LogP contribution in [0.15, 0.2) is 24.3 Å². The largest absolute Gasteiger partial charge is 0.508 e. The van der Waals surface area contributed by atoms with Gasteiger partial charge in [0.2, 0.25) is 0 Å². The Bertz CT molecular complexity index is 515. The van der Waals surface area contributed by atoms with Gasteiger partial charge in [0.1, 0.15) is 11.8 Å². The Kier molecular flexibility index (Phi) is 4.67. The summed E-state index contributed by atoms with van der Waals surface area (Å²) in [7, 11) is 0. The van der Waals surface area contributed by atoms with Crippen molar-refractivity contribution < 1.29 is 19.8 Å². The number of phenols is 1. The molecular weight excluding hydrogens is 272 g/mol. The maximum absolute atomic E-state index is 11.8. The Hall–Kier alpha value is -2.24. The smallest absolute Gasteiger partial charge is 0.326 e. The number of urea groups is 1. The van der Waals surface area contributed by atoms with Crippen LogP contribution in [-0.4, -0.2) is 34.3 Å². The van der Waals surface area contributed by atoms with E-state index in [-0.39, 0.29) is 18.2 Å². The topological polar surface area (TPSA) is 98.7 Å². The minimum Gasteiger partial charge on any atom is -0.508 e. The van der Waals surface area contributed by atoms with Crippen molar-refractivity contribution in [1.82, 2.24) is 10.6 Å². The summed E-state index contributed by atoms with van der Waals surface area (Å²) in [5, 5.41) is 23.7. The lowest BCUT2D eigenvalue weighted by molar-refractivity contribution is -0.139. The highest BCUT2D eigenvalue weighted by molar-refractivity contribution is 5.83. The van der Waals surface area contributed by atoms with Gasteiger partial charge in [0.15, 0.2) is 0 Å². The number of nitrogens with one attached hydrogen (secondary N) is 2. The molecule has 2 unspecified atom stereocenters. The third-order valence-corrected chi connectivity index (χ3v) is 3.74. The molecule has 2 amide bonds. The average molecular weight is 292 g/mol. The molecule has 2 rings (SSSR count). The third kappa shape index (κ3) is 4.37. The van der Waals surface area contributed by atoms with Crippen molar-refractivity contribution in [2.24, 2.45) is 5.92 Å². The number of carboxylic acid groups (broad SMARTS) is 1. The van der Waals surface area contributed by atoms with E-state index in [9.17, 15) is 19.8 Å². The first-order valence-corrected chi connectivity index (χ1v) is 7.07. The van der Waals surface area contributed by atoms with E-state index < -0.39 is 18.0 Å². The fraction of sp³-hybridized carbons (Fsp3) is 0.467. The minimum atomic E-state index is -1.08. The Labute approximate surface area is 123 Å². The van der Waals surface area contributed by atoms with Crippen molar-refractivity contribution >= 4 is 12.0 Å². The van der Waals surface area contributed by atoms with Gasteiger partial charge in [0.05, 0.1) is 0 Å². The lowest BCUT2D eigenvalue weighted by Gasteiger charge is -2.15. The maximum atomic E-state index is 11.8. The molecule has 1 saturated carbocycles. The van der Waals surface area contributed by atoms with Gasteiger partial charge in [0, 0.05) is 12.5 Å². The molecule has 0 saturated heterocycles. The number of hydrogen-bond donors (Lipinski definition) is 4. The summed E-state index contributed by atoms with van der Waals surface area (Å²) in [4.78, 5) is 23.0. The van der Waals surface area contributed by atoms with Crippen LogP contribution in [0.1, 0.15) is 25.3 Å². The van der Waals surface area contributed by atoms with Gasteiger partial charge in [-0.25, -0.2) is 9.59 Å². The van der Waals surface area contributed by atoms with Gasteiger partial charge < -0.3 is 20.8 Å². The lowest BCUT2D eigenvalue weighted by atomic mass is 10.1. The molecule has 21 heavy (non-hydrogen) atoms. The van der Waals surface area contributed by atoms with E-state index in [1.165, 1.54) is 12.1 Å². The lowest BCUT2D eigenvalue weighted by Crippen LogP contribution is -2.47. The quantitative estimate of drug-likeness (QED) is 0.638. The Balaban J connectivity index is 1.88. The zero-order chi connectivity index (χ0) is 15.4. The molecule has 0 aromatic heterocycles. The number of carbonyl (C=O) groups is 2. The van der Waals surface area contributed by atoms with E-state index >= 15 is 0 Å². The summed E-state index contributed by atoms with van der Waals surface area (Å²) < 4.78 is 0. The van der Waals surface area contributed by atoms with Gasteiger partial charge in [-0.2, -0.15) is 0 Å². The standard InChI is InChI=1S/C15H20N2O4/c1-2-10-8-12(10)16-15(21)17-13(14(19)20)7-9-3-5-11(18)6-4-9/h3-6,10,12-13,18H,2,7-8H2,1H3,(H,19,20)(H2,16,17,21)/t10?,12?,13-/m1/s1. The van der Waals surface area contributed by atoms with Gasteiger partial charge in [0.25, 0.3) is 0 Å². The van der Waals surface area contributed by atoms with E-state index in [4.69, 9.17) is 0 Å². The van der Waals surface area contributed by atoms with Crippen molar-refractivity contribution in [3.8, 4) is 5.75 Å². The number of carboxylic acids is 1. The molecule has 1 fully saturated rings. The molecule has 1 aliphatic carbocycles. The number of phenolic OH excluding ortho intramolecular Hbond substituents is 1. The second-order valence-corrected chi connectivity index (χ2v) is 5.39. The van der Waals surface area contributed by atoms with Gasteiger partial charge in [-0.1, -0.05) is 25.5 Å². The van der Waals surface area contributed by atoms with Crippen LogP contribution in [0.25, 0.3) is 0 Å². The molecule has 6 heteroatoms. The van der Waals surface area contributed by atoms with Gasteiger partial charge in [-0.15, -0.1) is 0 Å². The first-order chi connectivity index (χ1) is 9.99. The first-order valence-electron chi connectivity index (χ1n) is 7.07. The van der Waals surface area contributed by atoms with Crippen LogP contribution in [0, 0.1) is 5.92 Å². The van der Waals surface area contributed by atoms with Crippen molar-refractivity contribution in [3.05, 3.63) is 29.8 Å². The second kappa shape index (κ2) is 6.47. The summed E-state index contributed by atoms with van der Waals surface area (Å²) >= 11 is 0. The normalized spacial score (nSPS) is 21.4. The van der Waals surface area contributed by atoms with E-state index in [1.807, 2.05) is 0 Å². The molecule has 1 aromatic carbocycles. The minimum absolute atomic E-state index is 0.121. The predicted octanol–water partition coefficient (Wildman–Crippen LogP) is 1.49. The van der Waals surface area contributed by atoms with E-state index in [2.05, 4.69) is 17.6 Å². The maximum Gasteiger partial charge on any atom is 0.326 e. The van der Waals surface area contributed by atoms with Crippen LogP contribution in [0.3, 0.4) is 0 Å². The number of hydrogen-bond acceptors (Lipinski definition) is 3. The monoisotopic (exact) mass is 292 g/mol. The number of carbonyl (C=O) groups excluding carboxylic acids is 1. The third-order valence-electron chi connectivity index (χ3n) is 3.74. The molecule has 0 bridgehead atoms. The first kappa shape index (κ1) is 15.2. The highest BCUT2D eigenvalue weighted by atomic mass is 16.4. The zero-order valence-corrected chi connectivity index (χ0v) is 11.9. The SMILES string of the molecule is CCC1CC1NC(=O)N[C@H](Cc1ccc(O)cc1)C(=O)O. The molecule has 0 radical (unpaired) electrons. The van der Waals surface area contributed by atoms with Crippen LogP contribution in [-0.2, 0) is 11.2 Å². The van der Waals surface area contributed by atoms with Crippen molar-refractivity contribution in [2.45, 2.75) is 38.3 Å². The number of amides is 2. The Morgan fingerprint density at radius 1 is 1.33 bits per heavy atom. The summed E-state index contributed by atoms with van der Waals surface area (Å²) in [5.41, 5.74) is 0.735. The summed E-state index contributed by atoms with van der Waals surface area (Å²) in [6, 6.07) is 4.99. The van der Waals surface area contributed by atoms with Crippen molar-refractivity contribution in [2.75, 3.05) is 0 Å². The van der Waals surface area contributed by atoms with Crippen LogP contribution in [0.2, 0.25) is 0 Å². The second-order valence-electron chi connectivity index (χ2n) is 5.39. The molecule has 114 valence electrons. The molecule has 3 atom stereocenters. The van der Waals surface area contributed by atoms with Crippen LogP contribution in [0.5, 0.6) is 5.75 Å². The Morgan fingerprint density at radius 2 is 2.00 bits per heavy atom. The average Bonchev–Trinajstić information content (AvgIpc) is 3.18. The molecule has 4 N–H and O–H groups in total. The van der Waals surface area contributed by atoms with Crippen LogP contribution in [0.4, 0.5) is 4.79 Å². The van der Waals surface area contributed by atoms with Crippen LogP contribution >= 0.6 is 0 Å². The number of aliphatic carboxylic acids is 1. The molecule has 0 spiro atoms. The number of rotatable bonds is 6. The summed E-state index contributed by atoms with van der Waals surface area (Å²) in [6.45, 7) is 2.06. The highest BCUT2D eigenvalue weighted by Crippen LogP contribution is 2.32. The fourth-order valence-corrected chi connectivity index (χ4v) is 2.31. The fourth-order valence-electron chi connectivity index (χ4n) is 2.31. The zero-order valence-electron chi connectivity index (χ0n) is 11.9. The van der Waals surface area contributed by atoms with E-state index in [0.29, 0.717) is 5.92 Å². The molecule has 0 heterocycles. The Morgan fingerprint density at radius 3 is 2.52 bits per heavy atom. The molecule has 0 aliphatic heterocycles. The molecule has 1 aliphatic rings. The highest BCUT2D eigenvalue weighted by Gasteiger charge is 2.37. The van der Waals surface area contributed by atoms with Crippen LogP contribution < -0.4 is 10.6 Å². The number of benzene rings is 1. The molecule has 1 aromatic rings. The number of aromatic hydroxyl groups is 1. The summed E-state index contributed by atoms with van der Waals surface area (Å²) in [5.74, 6) is -0.451. The predicted molar refractivity (Wildman–Crippen MR) is 77.1 cm³/mol. The van der Waals surface area contributed by atoms with Gasteiger partial charge in [-0.05, 0) is 30.0 Å². The van der Waals surface area contributed by atoms with E-state index in [0.717, 1.165) is 18.4 Å². The van der Waals surface area contributed by atoms with Gasteiger partial charge >= 0.3 is 12.0 Å². The van der Waals surface area contributed by atoms with Crippen molar-refractivity contribution in [1.29, 1.82) is 0 Å². The van der Waals surface area contributed by atoms with Gasteiger partial charge in [-0.3, -0.25) is 0 Å². The molecular formula is C15H20N2O4. The van der Waals surface area contributed by atoms with Crippen molar-refractivity contribution in [3.63, 3.8) is 0 Å². The summed E-state index contributed by atoms with van der Waals surface area (Å²) in [6.07, 6.45) is 2.14.